The summed E-state index contributed by atoms with van der Waals surface area (Å²) in [5, 5.41) is 9.05. The third kappa shape index (κ3) is 4.65. The van der Waals surface area contributed by atoms with Gasteiger partial charge in [0.2, 0.25) is 0 Å². The summed E-state index contributed by atoms with van der Waals surface area (Å²) in [6.45, 7) is 4.11. The van der Waals surface area contributed by atoms with E-state index in [1.54, 1.807) is 16.8 Å². The van der Waals surface area contributed by atoms with Crippen LogP contribution >= 0.6 is 23.2 Å². The van der Waals surface area contributed by atoms with Crippen molar-refractivity contribution >= 4 is 29.1 Å². The van der Waals surface area contributed by atoms with E-state index in [1.165, 1.54) is 12.0 Å². The zero-order valence-electron chi connectivity index (χ0n) is 17.9. The van der Waals surface area contributed by atoms with Crippen LogP contribution in [0, 0.1) is 6.92 Å². The minimum absolute atomic E-state index is 0.110. The fourth-order valence-corrected chi connectivity index (χ4v) is 4.79. The summed E-state index contributed by atoms with van der Waals surface area (Å²) in [6, 6.07) is 13.8. The fraction of sp³-hybridized carbons (Fsp3) is 0.360. The number of carbonyl (C=O) groups excluding carboxylic acids is 1. The largest absolute Gasteiger partial charge is 0.348 e. The third-order valence-electron chi connectivity index (χ3n) is 5.96. The molecule has 1 amide bonds. The summed E-state index contributed by atoms with van der Waals surface area (Å²) in [7, 11) is 0. The molecular formula is C25H27Cl2N3O. The first kappa shape index (κ1) is 21.9. The number of carbonyl (C=O) groups is 1. The van der Waals surface area contributed by atoms with Crippen molar-refractivity contribution in [2.45, 2.75) is 58.4 Å². The normalized spacial score (nSPS) is 14.6. The molecule has 4 rings (SSSR count). The summed E-state index contributed by atoms with van der Waals surface area (Å²) in [6.07, 6.45) is 6.31. The van der Waals surface area contributed by atoms with Gasteiger partial charge < -0.3 is 5.32 Å². The van der Waals surface area contributed by atoms with Crippen LogP contribution in [-0.2, 0) is 6.42 Å². The Kier molecular flexibility index (Phi) is 6.68. The molecule has 2 aromatic carbocycles. The molecule has 3 aromatic rings. The topological polar surface area (TPSA) is 46.9 Å². The Labute approximate surface area is 193 Å². The van der Waals surface area contributed by atoms with E-state index in [0.717, 1.165) is 42.5 Å². The van der Waals surface area contributed by atoms with E-state index in [9.17, 15) is 4.79 Å². The highest BCUT2D eigenvalue weighted by Crippen LogP contribution is 2.33. The third-order valence-corrected chi connectivity index (χ3v) is 6.49. The van der Waals surface area contributed by atoms with Gasteiger partial charge in [-0.2, -0.15) is 5.10 Å². The molecule has 31 heavy (non-hydrogen) atoms. The van der Waals surface area contributed by atoms with E-state index in [-0.39, 0.29) is 11.9 Å². The van der Waals surface area contributed by atoms with E-state index in [0.29, 0.717) is 27.8 Å². The number of rotatable bonds is 5. The van der Waals surface area contributed by atoms with Gasteiger partial charge >= 0.3 is 0 Å². The van der Waals surface area contributed by atoms with Crippen LogP contribution in [0.4, 0.5) is 0 Å². The number of nitrogens with zero attached hydrogens (tertiary/aromatic N) is 2. The molecule has 162 valence electrons. The molecule has 0 bridgehead atoms. The maximum absolute atomic E-state index is 13.3. The molecule has 0 atom stereocenters. The standard InChI is InChI=1S/C25H27Cl2N3O/c1-3-20-23(25(31)28-19-7-5-4-6-8-19)29-30(22-14-13-18(26)15-21(22)27)24(20)17-11-9-16(2)10-12-17/h9-15,19H,3-8H2,1-2H3,(H,28,31). The Hall–Kier alpha value is -2.30. The lowest BCUT2D eigenvalue weighted by atomic mass is 9.95. The highest BCUT2D eigenvalue weighted by atomic mass is 35.5. The molecular weight excluding hydrogens is 429 g/mol. The van der Waals surface area contributed by atoms with Crippen molar-refractivity contribution < 1.29 is 4.79 Å². The lowest BCUT2D eigenvalue weighted by molar-refractivity contribution is 0.0921. The second-order valence-corrected chi connectivity index (χ2v) is 9.05. The smallest absolute Gasteiger partial charge is 0.272 e. The highest BCUT2D eigenvalue weighted by molar-refractivity contribution is 6.35. The van der Waals surface area contributed by atoms with E-state index in [4.69, 9.17) is 28.3 Å². The number of hydrogen-bond donors (Lipinski definition) is 1. The second kappa shape index (κ2) is 9.46. The minimum atomic E-state index is -0.110. The summed E-state index contributed by atoms with van der Waals surface area (Å²) in [5.74, 6) is -0.110. The monoisotopic (exact) mass is 455 g/mol. The molecule has 1 aromatic heterocycles. The number of hydrogen-bond acceptors (Lipinski definition) is 2. The Balaban J connectivity index is 1.84. The summed E-state index contributed by atoms with van der Waals surface area (Å²) < 4.78 is 1.79. The molecule has 1 N–H and O–H groups in total. The van der Waals surface area contributed by atoms with E-state index in [2.05, 4.69) is 43.4 Å². The molecule has 0 unspecified atom stereocenters. The SMILES string of the molecule is CCc1c(C(=O)NC2CCCCC2)nn(-c2ccc(Cl)cc2Cl)c1-c1ccc(C)cc1. The van der Waals surface area contributed by atoms with Crippen LogP contribution in [0.2, 0.25) is 10.0 Å². The number of aryl methyl sites for hydroxylation is 1. The Bertz CT molecular complexity index is 1080. The molecule has 1 aliphatic carbocycles. The zero-order chi connectivity index (χ0) is 22.0. The van der Waals surface area contributed by atoms with Crippen molar-refractivity contribution in [1.29, 1.82) is 0 Å². The van der Waals surface area contributed by atoms with Gasteiger partial charge in [-0.15, -0.1) is 0 Å². The number of aromatic nitrogens is 2. The molecule has 0 saturated heterocycles. The molecule has 1 heterocycles. The summed E-state index contributed by atoms with van der Waals surface area (Å²) in [5.41, 5.74) is 5.15. The van der Waals surface area contributed by atoms with Crippen LogP contribution < -0.4 is 5.32 Å². The second-order valence-electron chi connectivity index (χ2n) is 8.21. The van der Waals surface area contributed by atoms with Crippen LogP contribution in [0.15, 0.2) is 42.5 Å². The summed E-state index contributed by atoms with van der Waals surface area (Å²) in [4.78, 5) is 13.3. The molecule has 1 saturated carbocycles. The first-order valence-corrected chi connectivity index (χ1v) is 11.7. The van der Waals surface area contributed by atoms with E-state index < -0.39 is 0 Å². The lowest BCUT2D eigenvalue weighted by Gasteiger charge is -2.22. The fourth-order valence-electron chi connectivity index (χ4n) is 4.30. The maximum atomic E-state index is 13.3. The molecule has 1 aliphatic rings. The predicted octanol–water partition coefficient (Wildman–Crippen LogP) is 6.78. The number of benzene rings is 2. The zero-order valence-corrected chi connectivity index (χ0v) is 19.4. The van der Waals surface area contributed by atoms with Gasteiger partial charge in [0.25, 0.3) is 5.91 Å². The number of halogens is 2. The van der Waals surface area contributed by atoms with Crippen LogP contribution in [0.1, 0.15) is 60.6 Å². The van der Waals surface area contributed by atoms with Gasteiger partial charge in [-0.1, -0.05) is 79.2 Å². The van der Waals surface area contributed by atoms with Gasteiger partial charge in [0.15, 0.2) is 5.69 Å². The van der Waals surface area contributed by atoms with Gasteiger partial charge in [0.05, 0.1) is 16.4 Å². The molecule has 1 fully saturated rings. The summed E-state index contributed by atoms with van der Waals surface area (Å²) >= 11 is 12.7. The van der Waals surface area contributed by atoms with E-state index in [1.807, 2.05) is 6.07 Å². The minimum Gasteiger partial charge on any atom is -0.348 e. The average molecular weight is 456 g/mol. The van der Waals surface area contributed by atoms with Crippen molar-refractivity contribution in [1.82, 2.24) is 15.1 Å². The van der Waals surface area contributed by atoms with Crippen molar-refractivity contribution in [3.05, 3.63) is 69.3 Å². The van der Waals surface area contributed by atoms with Crippen LogP contribution in [0.3, 0.4) is 0 Å². The first-order valence-electron chi connectivity index (χ1n) is 10.9. The molecule has 4 nitrogen and oxygen atoms in total. The van der Waals surface area contributed by atoms with E-state index >= 15 is 0 Å². The molecule has 0 spiro atoms. The predicted molar refractivity (Wildman–Crippen MR) is 127 cm³/mol. The Morgan fingerprint density at radius 2 is 1.81 bits per heavy atom. The van der Waals surface area contributed by atoms with Gasteiger partial charge in [0, 0.05) is 22.2 Å². The van der Waals surface area contributed by atoms with Gasteiger partial charge in [-0.25, -0.2) is 4.68 Å². The average Bonchev–Trinajstić information content (AvgIpc) is 3.14. The van der Waals surface area contributed by atoms with Gasteiger partial charge in [0.1, 0.15) is 0 Å². The first-order chi connectivity index (χ1) is 15.0. The number of nitrogens with one attached hydrogen (secondary N) is 1. The maximum Gasteiger partial charge on any atom is 0.272 e. The molecule has 0 aliphatic heterocycles. The van der Waals surface area contributed by atoms with Gasteiger partial charge in [-0.3, -0.25) is 4.79 Å². The Morgan fingerprint density at radius 3 is 2.45 bits per heavy atom. The lowest BCUT2D eigenvalue weighted by Crippen LogP contribution is -2.36. The molecule has 6 heteroatoms. The Morgan fingerprint density at radius 1 is 1.10 bits per heavy atom. The van der Waals surface area contributed by atoms with Crippen molar-refractivity contribution in [2.24, 2.45) is 0 Å². The molecule has 0 radical (unpaired) electrons. The van der Waals surface area contributed by atoms with Crippen LogP contribution in [-0.4, -0.2) is 21.7 Å². The van der Waals surface area contributed by atoms with Crippen LogP contribution in [0.25, 0.3) is 16.9 Å². The highest BCUT2D eigenvalue weighted by Gasteiger charge is 2.26. The van der Waals surface area contributed by atoms with Gasteiger partial charge in [-0.05, 0) is 44.4 Å². The quantitative estimate of drug-likeness (QED) is 0.460. The van der Waals surface area contributed by atoms with Crippen molar-refractivity contribution in [3.63, 3.8) is 0 Å². The number of amides is 1. The van der Waals surface area contributed by atoms with Crippen LogP contribution in [0.5, 0.6) is 0 Å². The van der Waals surface area contributed by atoms with Crippen molar-refractivity contribution in [3.8, 4) is 16.9 Å². The van der Waals surface area contributed by atoms with Crippen molar-refractivity contribution in [2.75, 3.05) is 0 Å².